The first kappa shape index (κ1) is 24.7. The largest absolute Gasteiger partial charge is 0.481 e. The third-order valence-electron chi connectivity index (χ3n) is 5.61. The number of hydrogen-bond donors (Lipinski definition) is 3. The Hall–Kier alpha value is -4.39. The molecule has 0 atom stereocenters. The number of carboxylic acid groups (broad SMARTS) is 1. The molecular formula is C29H28N2O5. The Balaban J connectivity index is 1.53. The quantitative estimate of drug-likeness (QED) is 0.291. The van der Waals surface area contributed by atoms with Crippen LogP contribution in [0.4, 0.5) is 4.79 Å². The maximum atomic E-state index is 13.3. The number of benzene rings is 3. The number of nitrogens with one attached hydrogen (secondary N) is 2. The number of amides is 1. The summed E-state index contributed by atoms with van der Waals surface area (Å²) in [6, 6.07) is 22.2. The van der Waals surface area contributed by atoms with E-state index in [-0.39, 0.29) is 12.2 Å². The summed E-state index contributed by atoms with van der Waals surface area (Å²) in [5, 5.41) is 12.9. The van der Waals surface area contributed by atoms with Gasteiger partial charge in [-0.1, -0.05) is 60.7 Å². The van der Waals surface area contributed by atoms with Crippen molar-refractivity contribution in [2.75, 3.05) is 0 Å². The minimum absolute atomic E-state index is 0.243. The highest BCUT2D eigenvalue weighted by molar-refractivity contribution is 6.12. The second-order valence-corrected chi connectivity index (χ2v) is 9.56. The van der Waals surface area contributed by atoms with Crippen LogP contribution in [0.2, 0.25) is 0 Å². The van der Waals surface area contributed by atoms with E-state index in [0.717, 1.165) is 27.6 Å². The number of fused-ring (bicyclic) bond motifs is 1. The number of para-hydroxylation sites is 1. The molecule has 36 heavy (non-hydrogen) atoms. The first-order chi connectivity index (χ1) is 17.1. The van der Waals surface area contributed by atoms with Gasteiger partial charge >= 0.3 is 12.1 Å². The molecule has 1 aromatic heterocycles. The van der Waals surface area contributed by atoms with Gasteiger partial charge in [0.25, 0.3) is 0 Å². The van der Waals surface area contributed by atoms with Gasteiger partial charge in [0.1, 0.15) is 5.60 Å². The second-order valence-electron chi connectivity index (χ2n) is 9.56. The first-order valence-electron chi connectivity index (χ1n) is 11.6. The molecule has 0 aliphatic rings. The van der Waals surface area contributed by atoms with E-state index in [1.165, 1.54) is 0 Å². The van der Waals surface area contributed by atoms with Crippen LogP contribution < -0.4 is 5.32 Å². The lowest BCUT2D eigenvalue weighted by Crippen LogP contribution is -2.32. The van der Waals surface area contributed by atoms with Gasteiger partial charge in [0.05, 0.1) is 12.1 Å². The fraction of sp³-hybridized carbons (Fsp3) is 0.207. The summed E-state index contributed by atoms with van der Waals surface area (Å²) < 4.78 is 5.28. The Morgan fingerprint density at radius 3 is 2.33 bits per heavy atom. The van der Waals surface area contributed by atoms with E-state index in [2.05, 4.69) is 10.3 Å². The normalized spacial score (nSPS) is 11.3. The summed E-state index contributed by atoms with van der Waals surface area (Å²) in [5.41, 5.74) is 4.16. The molecule has 0 radical (unpaired) electrons. The van der Waals surface area contributed by atoms with Crippen LogP contribution in [-0.4, -0.2) is 33.5 Å². The van der Waals surface area contributed by atoms with Crippen molar-refractivity contribution in [1.82, 2.24) is 10.3 Å². The Bertz CT molecular complexity index is 1430. The van der Waals surface area contributed by atoms with Crippen LogP contribution in [0.1, 0.15) is 48.0 Å². The van der Waals surface area contributed by atoms with Gasteiger partial charge in [0.15, 0.2) is 0 Å². The van der Waals surface area contributed by atoms with E-state index in [4.69, 9.17) is 4.74 Å². The zero-order valence-corrected chi connectivity index (χ0v) is 20.4. The van der Waals surface area contributed by atoms with Crippen molar-refractivity contribution in [2.24, 2.45) is 0 Å². The Morgan fingerprint density at radius 2 is 1.64 bits per heavy atom. The average Bonchev–Trinajstić information content (AvgIpc) is 3.19. The number of carbonyl (C=O) groups excluding carboxylic acids is 2. The number of hydrogen-bond acceptors (Lipinski definition) is 4. The monoisotopic (exact) mass is 484 g/mol. The third-order valence-corrected chi connectivity index (χ3v) is 5.61. The number of rotatable bonds is 7. The number of carbonyl (C=O) groups is 3. The molecule has 0 bridgehead atoms. The number of alkyl carbamates (subject to hydrolysis) is 1. The fourth-order valence-electron chi connectivity index (χ4n) is 4.04. The number of aromatic amines is 1. The Kier molecular flexibility index (Phi) is 6.92. The molecule has 4 aromatic rings. The molecule has 0 fully saturated rings. The summed E-state index contributed by atoms with van der Waals surface area (Å²) >= 11 is 0. The molecule has 7 heteroatoms. The van der Waals surface area contributed by atoms with Crippen molar-refractivity contribution >= 4 is 28.7 Å². The van der Waals surface area contributed by atoms with Gasteiger partial charge in [-0.15, -0.1) is 0 Å². The second kappa shape index (κ2) is 10.1. The molecule has 1 heterocycles. The van der Waals surface area contributed by atoms with E-state index in [1.54, 1.807) is 12.1 Å². The lowest BCUT2D eigenvalue weighted by Gasteiger charge is -2.19. The standard InChI is InChI=1S/C29H28N2O5/c1-29(2,3)36-28(35)30-17-18-7-6-8-21(15-18)19-11-13-20(14-12-19)27(34)26-23(16-25(32)33)22-9-4-5-10-24(22)31-26/h4-15,31H,16-17H2,1-3H3,(H,30,35)(H,32,33). The van der Waals surface area contributed by atoms with Crippen LogP contribution in [0.3, 0.4) is 0 Å². The van der Waals surface area contributed by atoms with Crippen molar-refractivity contribution in [3.63, 3.8) is 0 Å². The molecule has 7 nitrogen and oxygen atoms in total. The summed E-state index contributed by atoms with van der Waals surface area (Å²) in [4.78, 5) is 39.8. The Morgan fingerprint density at radius 1 is 0.917 bits per heavy atom. The van der Waals surface area contributed by atoms with Gasteiger partial charge in [0.2, 0.25) is 5.78 Å². The number of aliphatic carboxylic acids is 1. The summed E-state index contributed by atoms with van der Waals surface area (Å²) in [6.07, 6.45) is -0.720. The van der Waals surface area contributed by atoms with Gasteiger partial charge in [0, 0.05) is 28.6 Å². The van der Waals surface area contributed by atoms with Crippen molar-refractivity contribution in [1.29, 1.82) is 0 Å². The summed E-state index contributed by atoms with van der Waals surface area (Å²) in [5.74, 6) is -1.26. The number of ether oxygens (including phenoxy) is 1. The molecule has 3 aromatic carbocycles. The molecule has 0 saturated carbocycles. The zero-order valence-electron chi connectivity index (χ0n) is 20.4. The van der Waals surface area contributed by atoms with E-state index in [9.17, 15) is 19.5 Å². The van der Waals surface area contributed by atoms with Gasteiger partial charge in [-0.2, -0.15) is 0 Å². The maximum Gasteiger partial charge on any atom is 0.407 e. The van der Waals surface area contributed by atoms with Gasteiger partial charge in [-0.05, 0) is 49.6 Å². The number of carboxylic acids is 1. The predicted molar refractivity (Wildman–Crippen MR) is 138 cm³/mol. The third kappa shape index (κ3) is 5.81. The minimum atomic E-state index is -0.995. The zero-order chi connectivity index (χ0) is 25.9. The van der Waals surface area contributed by atoms with Crippen molar-refractivity contribution in [2.45, 2.75) is 39.3 Å². The van der Waals surface area contributed by atoms with Crippen molar-refractivity contribution < 1.29 is 24.2 Å². The van der Waals surface area contributed by atoms with Crippen LogP contribution in [0.25, 0.3) is 22.0 Å². The maximum absolute atomic E-state index is 13.3. The van der Waals surface area contributed by atoms with Crippen LogP contribution in [-0.2, 0) is 22.5 Å². The molecular weight excluding hydrogens is 456 g/mol. The van der Waals surface area contributed by atoms with Gasteiger partial charge in [-0.3, -0.25) is 9.59 Å². The SMILES string of the molecule is CC(C)(C)OC(=O)NCc1cccc(-c2ccc(C(=O)c3[nH]c4ccccc4c3CC(=O)O)cc2)c1. The fourth-order valence-corrected chi connectivity index (χ4v) is 4.04. The minimum Gasteiger partial charge on any atom is -0.481 e. The van der Waals surface area contributed by atoms with Gasteiger partial charge in [-0.25, -0.2) is 4.79 Å². The highest BCUT2D eigenvalue weighted by Gasteiger charge is 2.21. The summed E-state index contributed by atoms with van der Waals surface area (Å²) in [6.45, 7) is 5.76. The molecule has 0 aliphatic heterocycles. The molecule has 0 spiro atoms. The Labute approximate surface area is 209 Å². The number of ketones is 1. The van der Waals surface area contributed by atoms with Crippen LogP contribution in [0.5, 0.6) is 0 Å². The van der Waals surface area contributed by atoms with Crippen LogP contribution >= 0.6 is 0 Å². The highest BCUT2D eigenvalue weighted by Crippen LogP contribution is 2.27. The lowest BCUT2D eigenvalue weighted by molar-refractivity contribution is -0.136. The smallest absolute Gasteiger partial charge is 0.407 e. The van der Waals surface area contributed by atoms with Crippen LogP contribution in [0, 0.1) is 0 Å². The topological polar surface area (TPSA) is 108 Å². The van der Waals surface area contributed by atoms with E-state index in [1.807, 2.05) is 81.4 Å². The molecule has 0 unspecified atom stereocenters. The van der Waals surface area contributed by atoms with E-state index < -0.39 is 17.7 Å². The first-order valence-corrected chi connectivity index (χ1v) is 11.6. The van der Waals surface area contributed by atoms with Gasteiger partial charge < -0.3 is 20.1 Å². The highest BCUT2D eigenvalue weighted by atomic mass is 16.6. The van der Waals surface area contributed by atoms with Crippen molar-refractivity contribution in [3.05, 3.63) is 95.2 Å². The molecule has 0 saturated heterocycles. The number of H-pyrrole nitrogens is 1. The van der Waals surface area contributed by atoms with Crippen LogP contribution in [0.15, 0.2) is 72.8 Å². The molecule has 4 rings (SSSR count). The lowest BCUT2D eigenvalue weighted by atomic mass is 9.98. The molecule has 1 amide bonds. The average molecular weight is 485 g/mol. The summed E-state index contributed by atoms with van der Waals surface area (Å²) in [7, 11) is 0. The molecule has 184 valence electrons. The number of aromatic nitrogens is 1. The predicted octanol–water partition coefficient (Wildman–Crippen LogP) is 5.72. The molecule has 0 aliphatic carbocycles. The van der Waals surface area contributed by atoms with Crippen molar-refractivity contribution in [3.8, 4) is 11.1 Å². The van der Waals surface area contributed by atoms with E-state index in [0.29, 0.717) is 23.4 Å². The molecule has 3 N–H and O–H groups in total. The van der Waals surface area contributed by atoms with E-state index >= 15 is 0 Å².